The molecule has 2 aromatic carbocycles. The predicted molar refractivity (Wildman–Crippen MR) is 124 cm³/mol. The van der Waals surface area contributed by atoms with Gasteiger partial charge in [-0.2, -0.15) is 0 Å². The van der Waals surface area contributed by atoms with Crippen LogP contribution in [0.25, 0.3) is 0 Å². The highest BCUT2D eigenvalue weighted by Crippen LogP contribution is 2.26. The summed E-state index contributed by atoms with van der Waals surface area (Å²) in [5.41, 5.74) is 2.16. The molecule has 156 valence electrons. The van der Waals surface area contributed by atoms with Gasteiger partial charge >= 0.3 is 0 Å². The van der Waals surface area contributed by atoms with E-state index in [4.69, 9.17) is 21.7 Å². The van der Waals surface area contributed by atoms with Gasteiger partial charge in [0.05, 0.1) is 19.3 Å². The maximum absolute atomic E-state index is 6.03. The molecule has 0 bridgehead atoms. The first kappa shape index (κ1) is 21.4. The number of anilines is 1. The highest BCUT2D eigenvalue weighted by molar-refractivity contribution is 7.80. The van der Waals surface area contributed by atoms with E-state index in [0.717, 1.165) is 36.4 Å². The lowest BCUT2D eigenvalue weighted by molar-refractivity contribution is 0.210. The minimum absolute atomic E-state index is 0.144. The van der Waals surface area contributed by atoms with Gasteiger partial charge in [0.1, 0.15) is 11.5 Å². The van der Waals surface area contributed by atoms with E-state index in [2.05, 4.69) is 36.6 Å². The van der Waals surface area contributed by atoms with Gasteiger partial charge in [-0.1, -0.05) is 26.0 Å². The zero-order valence-corrected chi connectivity index (χ0v) is 18.4. The van der Waals surface area contributed by atoms with Crippen molar-refractivity contribution in [1.29, 1.82) is 0 Å². The second kappa shape index (κ2) is 10.5. The number of rotatable bonds is 8. The van der Waals surface area contributed by atoms with E-state index in [9.17, 15) is 0 Å². The van der Waals surface area contributed by atoms with Gasteiger partial charge in [0.2, 0.25) is 0 Å². The Morgan fingerprint density at radius 1 is 1.00 bits per heavy atom. The average Bonchev–Trinajstić information content (AvgIpc) is 3.22. The quantitative estimate of drug-likeness (QED) is 0.514. The van der Waals surface area contributed by atoms with Crippen molar-refractivity contribution >= 4 is 23.0 Å². The summed E-state index contributed by atoms with van der Waals surface area (Å²) in [6.07, 6.45) is 6.24. The first-order chi connectivity index (χ1) is 14.0. The largest absolute Gasteiger partial charge is 0.497 e. The number of thiocarbonyl (C=S) groups is 1. The summed E-state index contributed by atoms with van der Waals surface area (Å²) in [4.78, 5) is 0. The monoisotopic (exact) mass is 412 g/mol. The highest BCUT2D eigenvalue weighted by Gasteiger charge is 2.17. The van der Waals surface area contributed by atoms with Crippen LogP contribution in [0.4, 0.5) is 5.69 Å². The minimum atomic E-state index is 0.144. The third kappa shape index (κ3) is 6.64. The summed E-state index contributed by atoms with van der Waals surface area (Å²) in [5, 5.41) is 7.39. The van der Waals surface area contributed by atoms with Crippen molar-refractivity contribution in [2.45, 2.75) is 58.1 Å². The van der Waals surface area contributed by atoms with Gasteiger partial charge in [-0.3, -0.25) is 0 Å². The lowest BCUT2D eigenvalue weighted by Crippen LogP contribution is -2.33. The maximum atomic E-state index is 6.03. The summed E-state index contributed by atoms with van der Waals surface area (Å²) in [6, 6.07) is 16.4. The van der Waals surface area contributed by atoms with Gasteiger partial charge in [0.25, 0.3) is 0 Å². The molecule has 4 nitrogen and oxygen atoms in total. The molecule has 0 heterocycles. The van der Waals surface area contributed by atoms with Crippen LogP contribution in [0.2, 0.25) is 0 Å². The van der Waals surface area contributed by atoms with Crippen LogP contribution in [0.5, 0.6) is 11.5 Å². The molecule has 0 amide bonds. The van der Waals surface area contributed by atoms with Crippen LogP contribution in [0, 0.1) is 5.92 Å². The average molecular weight is 413 g/mol. The molecular formula is C24H32N2O2S. The molecule has 0 aliphatic heterocycles. The Kier molecular flexibility index (Phi) is 7.76. The number of hydrogen-bond acceptors (Lipinski definition) is 3. The zero-order valence-electron chi connectivity index (χ0n) is 17.6. The summed E-state index contributed by atoms with van der Waals surface area (Å²) in [6.45, 7) is 4.44. The fourth-order valence-electron chi connectivity index (χ4n) is 3.73. The van der Waals surface area contributed by atoms with Gasteiger partial charge in [-0.15, -0.1) is 0 Å². The summed E-state index contributed by atoms with van der Waals surface area (Å²) < 4.78 is 11.3. The van der Waals surface area contributed by atoms with Crippen molar-refractivity contribution < 1.29 is 9.47 Å². The molecule has 0 unspecified atom stereocenters. The van der Waals surface area contributed by atoms with Crippen LogP contribution in [-0.2, 0) is 0 Å². The maximum Gasteiger partial charge on any atom is 0.171 e. The van der Waals surface area contributed by atoms with E-state index < -0.39 is 0 Å². The van der Waals surface area contributed by atoms with Crippen LogP contribution < -0.4 is 20.1 Å². The number of methoxy groups -OCH3 is 1. The molecular weight excluding hydrogens is 380 g/mol. The van der Waals surface area contributed by atoms with E-state index >= 15 is 0 Å². The molecule has 2 aromatic rings. The SMILES string of the molecule is COc1ccc([C@H](CC(C)C)NC(=S)Nc2ccc(OC3CCCC3)cc2)cc1. The third-order valence-electron chi connectivity index (χ3n) is 5.25. The van der Waals surface area contributed by atoms with Gasteiger partial charge in [-0.05, 0) is 92.2 Å². The lowest BCUT2D eigenvalue weighted by atomic mass is 9.97. The van der Waals surface area contributed by atoms with Gasteiger partial charge in [0, 0.05) is 5.69 Å². The van der Waals surface area contributed by atoms with Crippen LogP contribution >= 0.6 is 12.2 Å². The second-order valence-corrected chi connectivity index (χ2v) is 8.51. The summed E-state index contributed by atoms with van der Waals surface area (Å²) in [5.74, 6) is 2.33. The standard InChI is InChI=1S/C24H32N2O2S/c1-17(2)16-23(18-8-12-20(27-3)13-9-18)26-24(29)25-19-10-14-22(15-11-19)28-21-6-4-5-7-21/h8-15,17,21,23H,4-7,16H2,1-3H3,(H2,25,26,29)/t23-/m0/s1. The lowest BCUT2D eigenvalue weighted by Gasteiger charge is -2.23. The normalized spacial score (nSPS) is 15.2. The van der Waals surface area contributed by atoms with Crippen molar-refractivity contribution in [2.24, 2.45) is 5.92 Å². The van der Waals surface area contributed by atoms with Crippen LogP contribution in [0.15, 0.2) is 48.5 Å². The van der Waals surface area contributed by atoms with Crippen LogP contribution in [0.3, 0.4) is 0 Å². The van der Waals surface area contributed by atoms with Crippen LogP contribution in [-0.4, -0.2) is 18.3 Å². The van der Waals surface area contributed by atoms with E-state index in [1.165, 1.54) is 18.4 Å². The zero-order chi connectivity index (χ0) is 20.6. The molecule has 1 saturated carbocycles. The number of hydrogen-bond donors (Lipinski definition) is 2. The van der Waals surface area contributed by atoms with Crippen LogP contribution in [0.1, 0.15) is 57.6 Å². The fourth-order valence-corrected chi connectivity index (χ4v) is 3.99. The number of nitrogens with one attached hydrogen (secondary N) is 2. The molecule has 5 heteroatoms. The molecule has 1 fully saturated rings. The second-order valence-electron chi connectivity index (χ2n) is 8.10. The van der Waals surface area contributed by atoms with E-state index in [1.807, 2.05) is 36.4 Å². The Labute approximate surface area is 180 Å². The predicted octanol–water partition coefficient (Wildman–Crippen LogP) is 6.09. The van der Waals surface area contributed by atoms with Gasteiger partial charge in [0.15, 0.2) is 5.11 Å². The first-order valence-electron chi connectivity index (χ1n) is 10.5. The summed E-state index contributed by atoms with van der Waals surface area (Å²) in [7, 11) is 1.68. The number of benzene rings is 2. The van der Waals surface area contributed by atoms with Crippen molar-refractivity contribution in [1.82, 2.24) is 5.32 Å². The van der Waals surface area contributed by atoms with Gasteiger partial charge < -0.3 is 20.1 Å². The molecule has 0 radical (unpaired) electrons. The van der Waals surface area contributed by atoms with Crippen molar-refractivity contribution in [2.75, 3.05) is 12.4 Å². The third-order valence-corrected chi connectivity index (χ3v) is 5.47. The van der Waals surface area contributed by atoms with Gasteiger partial charge in [-0.25, -0.2) is 0 Å². The molecule has 2 N–H and O–H groups in total. The van der Waals surface area contributed by atoms with E-state index in [-0.39, 0.29) is 6.04 Å². The molecule has 3 rings (SSSR count). The van der Waals surface area contributed by atoms with E-state index in [1.54, 1.807) is 7.11 Å². The van der Waals surface area contributed by atoms with Crippen molar-refractivity contribution in [3.63, 3.8) is 0 Å². The fraction of sp³-hybridized carbons (Fsp3) is 0.458. The molecule has 0 aromatic heterocycles. The molecule has 1 aliphatic rings. The Bertz CT molecular complexity index is 768. The Morgan fingerprint density at radius 3 is 2.21 bits per heavy atom. The topological polar surface area (TPSA) is 42.5 Å². The Morgan fingerprint density at radius 2 is 1.62 bits per heavy atom. The number of ether oxygens (including phenoxy) is 2. The molecule has 1 aliphatic carbocycles. The smallest absolute Gasteiger partial charge is 0.171 e. The Hall–Kier alpha value is -2.27. The summed E-state index contributed by atoms with van der Waals surface area (Å²) >= 11 is 5.58. The van der Waals surface area contributed by atoms with Crippen molar-refractivity contribution in [3.05, 3.63) is 54.1 Å². The Balaban J connectivity index is 1.58. The first-order valence-corrected chi connectivity index (χ1v) is 10.9. The molecule has 1 atom stereocenters. The molecule has 0 spiro atoms. The minimum Gasteiger partial charge on any atom is -0.497 e. The van der Waals surface area contributed by atoms with Crippen molar-refractivity contribution in [3.8, 4) is 11.5 Å². The van der Waals surface area contributed by atoms with E-state index in [0.29, 0.717) is 17.1 Å². The molecule has 0 saturated heterocycles. The molecule has 29 heavy (non-hydrogen) atoms. The highest BCUT2D eigenvalue weighted by atomic mass is 32.1.